The van der Waals surface area contributed by atoms with E-state index in [2.05, 4.69) is 15.4 Å². The van der Waals surface area contributed by atoms with Crippen LogP contribution in [-0.4, -0.2) is 15.4 Å². The second kappa shape index (κ2) is 6.84. The molecule has 0 radical (unpaired) electrons. The minimum Gasteiger partial charge on any atom is -0.196 e. The minimum absolute atomic E-state index is 0.00464. The van der Waals surface area contributed by atoms with Crippen molar-refractivity contribution in [3.63, 3.8) is 0 Å². The standard InChI is InChI=1S/C19H8F6N4S/c20-18(21,22)11-3-4-13(19(23,24)25)12(7-11)9-1-2-10-6-16(30-15(10)5-9)17-14(8-26)27-29-28-17/h1-7H,(H,27,28,29). The highest BCUT2D eigenvalue weighted by Crippen LogP contribution is 2.42. The van der Waals surface area contributed by atoms with Gasteiger partial charge in [0.2, 0.25) is 0 Å². The fourth-order valence-electron chi connectivity index (χ4n) is 3.00. The molecule has 152 valence electrons. The van der Waals surface area contributed by atoms with E-state index in [0.717, 1.165) is 11.3 Å². The van der Waals surface area contributed by atoms with Gasteiger partial charge in [-0.15, -0.1) is 16.4 Å². The number of hydrogen-bond donors (Lipinski definition) is 1. The molecule has 0 bridgehead atoms. The number of hydrogen-bond acceptors (Lipinski definition) is 4. The number of nitrogens with zero attached hydrogens (tertiary/aromatic N) is 3. The zero-order valence-corrected chi connectivity index (χ0v) is 15.4. The molecule has 11 heteroatoms. The van der Waals surface area contributed by atoms with Gasteiger partial charge in [0.1, 0.15) is 11.8 Å². The lowest BCUT2D eigenvalue weighted by atomic mass is 9.96. The number of thiophene rings is 1. The van der Waals surface area contributed by atoms with Crippen molar-refractivity contribution in [1.29, 1.82) is 5.26 Å². The molecule has 2 aromatic heterocycles. The first kappa shape index (κ1) is 19.9. The van der Waals surface area contributed by atoms with Gasteiger partial charge in [0.15, 0.2) is 5.69 Å². The lowest BCUT2D eigenvalue weighted by Crippen LogP contribution is -2.11. The molecule has 0 aliphatic heterocycles. The molecule has 0 unspecified atom stereocenters. The average molecular weight is 438 g/mol. The average Bonchev–Trinajstić information content (AvgIpc) is 3.31. The topological polar surface area (TPSA) is 65.4 Å². The van der Waals surface area contributed by atoms with Crippen LogP contribution in [0.3, 0.4) is 0 Å². The Morgan fingerprint density at radius 3 is 2.33 bits per heavy atom. The van der Waals surface area contributed by atoms with Crippen LogP contribution in [0.4, 0.5) is 26.3 Å². The highest BCUT2D eigenvalue weighted by molar-refractivity contribution is 7.22. The van der Waals surface area contributed by atoms with E-state index in [1.165, 1.54) is 18.2 Å². The van der Waals surface area contributed by atoms with Gasteiger partial charge in [-0.1, -0.05) is 12.1 Å². The van der Waals surface area contributed by atoms with E-state index in [1.807, 2.05) is 6.07 Å². The third-order valence-corrected chi connectivity index (χ3v) is 5.48. The maximum atomic E-state index is 13.4. The van der Waals surface area contributed by atoms with Gasteiger partial charge in [0.05, 0.1) is 16.0 Å². The van der Waals surface area contributed by atoms with Gasteiger partial charge in [-0.05, 0) is 46.8 Å². The SMILES string of the molecule is N#Cc1n[nH]nc1-c1cc2ccc(-c3cc(C(F)(F)F)ccc3C(F)(F)F)cc2s1. The Labute approximate surface area is 168 Å². The van der Waals surface area contributed by atoms with E-state index in [0.29, 0.717) is 33.2 Å². The predicted octanol–water partition coefficient (Wildman–Crippen LogP) is 6.26. The molecule has 30 heavy (non-hydrogen) atoms. The summed E-state index contributed by atoms with van der Waals surface area (Å²) < 4.78 is 80.0. The Morgan fingerprint density at radius 2 is 1.67 bits per heavy atom. The number of fused-ring (bicyclic) bond motifs is 1. The molecule has 0 spiro atoms. The fourth-order valence-corrected chi connectivity index (χ4v) is 4.10. The fraction of sp³-hybridized carbons (Fsp3) is 0.105. The first-order valence-electron chi connectivity index (χ1n) is 8.21. The molecule has 0 saturated carbocycles. The van der Waals surface area contributed by atoms with Gasteiger partial charge in [-0.2, -0.15) is 41.9 Å². The van der Waals surface area contributed by atoms with Crippen molar-refractivity contribution in [2.75, 3.05) is 0 Å². The third kappa shape index (κ3) is 3.50. The summed E-state index contributed by atoms with van der Waals surface area (Å²) in [6.07, 6.45) is -9.60. The van der Waals surface area contributed by atoms with Gasteiger partial charge >= 0.3 is 12.4 Å². The normalized spacial score (nSPS) is 12.3. The van der Waals surface area contributed by atoms with E-state index in [-0.39, 0.29) is 17.0 Å². The maximum absolute atomic E-state index is 13.4. The summed E-state index contributed by atoms with van der Waals surface area (Å²) in [6.45, 7) is 0. The molecule has 0 amide bonds. The summed E-state index contributed by atoms with van der Waals surface area (Å²) in [5, 5.41) is 19.6. The Balaban J connectivity index is 1.88. The van der Waals surface area contributed by atoms with Crippen LogP contribution >= 0.6 is 11.3 Å². The van der Waals surface area contributed by atoms with Crippen molar-refractivity contribution in [3.8, 4) is 27.8 Å². The smallest absolute Gasteiger partial charge is 0.196 e. The number of H-pyrrole nitrogens is 1. The van der Waals surface area contributed by atoms with Crippen LogP contribution in [-0.2, 0) is 12.4 Å². The monoisotopic (exact) mass is 438 g/mol. The molecule has 1 N–H and O–H groups in total. The predicted molar refractivity (Wildman–Crippen MR) is 97.4 cm³/mol. The maximum Gasteiger partial charge on any atom is 0.417 e. The number of halogens is 6. The molecule has 2 aromatic carbocycles. The minimum atomic E-state index is -4.82. The van der Waals surface area contributed by atoms with Gasteiger partial charge in [-0.3, -0.25) is 0 Å². The summed E-state index contributed by atoms with van der Waals surface area (Å²) in [5.41, 5.74) is -2.55. The molecule has 0 fully saturated rings. The first-order chi connectivity index (χ1) is 14.1. The first-order valence-corrected chi connectivity index (χ1v) is 9.03. The van der Waals surface area contributed by atoms with Crippen LogP contribution in [0.15, 0.2) is 42.5 Å². The zero-order valence-electron chi connectivity index (χ0n) is 14.6. The second-order valence-electron chi connectivity index (χ2n) is 6.25. The summed E-state index contributed by atoms with van der Waals surface area (Å²) in [7, 11) is 0. The highest BCUT2D eigenvalue weighted by atomic mass is 32.1. The Morgan fingerprint density at radius 1 is 0.900 bits per heavy atom. The van der Waals surface area contributed by atoms with E-state index >= 15 is 0 Å². The molecule has 4 nitrogen and oxygen atoms in total. The van der Waals surface area contributed by atoms with Crippen molar-refractivity contribution in [2.24, 2.45) is 0 Å². The Bertz CT molecular complexity index is 1290. The van der Waals surface area contributed by atoms with Crippen LogP contribution in [0.25, 0.3) is 31.8 Å². The number of alkyl halides is 6. The zero-order chi connectivity index (χ0) is 21.7. The van der Waals surface area contributed by atoms with Gasteiger partial charge in [0.25, 0.3) is 0 Å². The largest absolute Gasteiger partial charge is 0.417 e. The van der Waals surface area contributed by atoms with Crippen LogP contribution < -0.4 is 0 Å². The van der Waals surface area contributed by atoms with Crippen molar-refractivity contribution >= 4 is 21.4 Å². The van der Waals surface area contributed by atoms with Gasteiger partial charge in [-0.25, -0.2) is 0 Å². The van der Waals surface area contributed by atoms with E-state index in [1.54, 1.807) is 6.07 Å². The lowest BCUT2D eigenvalue weighted by Gasteiger charge is -2.16. The Kier molecular flexibility index (Phi) is 4.54. The quantitative estimate of drug-likeness (QED) is 0.376. The van der Waals surface area contributed by atoms with Crippen LogP contribution in [0.1, 0.15) is 16.8 Å². The van der Waals surface area contributed by atoms with Gasteiger partial charge < -0.3 is 0 Å². The van der Waals surface area contributed by atoms with Crippen molar-refractivity contribution < 1.29 is 26.3 Å². The number of benzene rings is 2. The van der Waals surface area contributed by atoms with Crippen LogP contribution in [0.2, 0.25) is 0 Å². The van der Waals surface area contributed by atoms with E-state index < -0.39 is 29.0 Å². The summed E-state index contributed by atoms with van der Waals surface area (Å²) in [5.74, 6) is 0. The summed E-state index contributed by atoms with van der Waals surface area (Å²) in [4.78, 5) is 0.549. The number of aromatic amines is 1. The molecule has 0 saturated heterocycles. The highest BCUT2D eigenvalue weighted by Gasteiger charge is 2.37. The van der Waals surface area contributed by atoms with Crippen molar-refractivity contribution in [2.45, 2.75) is 12.4 Å². The number of nitrogens with one attached hydrogen (secondary N) is 1. The van der Waals surface area contributed by atoms with Crippen molar-refractivity contribution in [3.05, 3.63) is 59.3 Å². The van der Waals surface area contributed by atoms with Crippen LogP contribution in [0.5, 0.6) is 0 Å². The Hall–Kier alpha value is -3.39. The van der Waals surface area contributed by atoms with Crippen molar-refractivity contribution in [1.82, 2.24) is 15.4 Å². The van der Waals surface area contributed by atoms with Crippen LogP contribution in [0, 0.1) is 11.3 Å². The lowest BCUT2D eigenvalue weighted by molar-refractivity contribution is -0.141. The summed E-state index contributed by atoms with van der Waals surface area (Å²) >= 11 is 1.14. The van der Waals surface area contributed by atoms with E-state index in [9.17, 15) is 26.3 Å². The molecule has 4 rings (SSSR count). The number of nitriles is 1. The molecular weight excluding hydrogens is 430 g/mol. The molecule has 0 atom stereocenters. The molecule has 2 heterocycles. The summed E-state index contributed by atoms with van der Waals surface area (Å²) in [6, 6.07) is 9.15. The molecule has 0 aliphatic carbocycles. The third-order valence-electron chi connectivity index (χ3n) is 4.37. The number of aromatic nitrogens is 3. The molecule has 0 aliphatic rings. The second-order valence-corrected chi connectivity index (χ2v) is 7.34. The molecule has 4 aromatic rings. The molecular formula is C19H8F6N4S. The van der Waals surface area contributed by atoms with E-state index in [4.69, 9.17) is 5.26 Å². The number of rotatable bonds is 2. The van der Waals surface area contributed by atoms with Gasteiger partial charge in [0, 0.05) is 4.70 Å².